The summed E-state index contributed by atoms with van der Waals surface area (Å²) in [5.41, 5.74) is 3.62. The van der Waals surface area contributed by atoms with Crippen LogP contribution >= 0.6 is 0 Å². The first kappa shape index (κ1) is 17.8. The summed E-state index contributed by atoms with van der Waals surface area (Å²) >= 11 is 0. The van der Waals surface area contributed by atoms with E-state index in [1.54, 1.807) is 0 Å². The molecule has 2 rings (SSSR count). The molecule has 0 fully saturated rings. The second-order valence-electron chi connectivity index (χ2n) is 5.92. The molecule has 1 heterocycles. The zero-order valence-corrected chi connectivity index (χ0v) is 14.9. The van der Waals surface area contributed by atoms with E-state index in [1.807, 2.05) is 52.8 Å². The molecule has 2 aromatic rings. The van der Waals surface area contributed by atoms with Gasteiger partial charge in [-0.1, -0.05) is 5.16 Å². The third-order valence-electron chi connectivity index (χ3n) is 3.80. The minimum Gasteiger partial charge on any atom is -0.494 e. The predicted octanol–water partition coefficient (Wildman–Crippen LogP) is 3.75. The first-order valence-corrected chi connectivity index (χ1v) is 8.13. The molecule has 0 aliphatic heterocycles. The van der Waals surface area contributed by atoms with Gasteiger partial charge in [-0.3, -0.25) is 0 Å². The van der Waals surface area contributed by atoms with Crippen LogP contribution in [0.3, 0.4) is 0 Å². The van der Waals surface area contributed by atoms with E-state index in [0.717, 1.165) is 34.0 Å². The molecule has 0 saturated heterocycles. The van der Waals surface area contributed by atoms with Gasteiger partial charge in [0.05, 0.1) is 12.3 Å². The zero-order chi connectivity index (χ0) is 17.7. The van der Waals surface area contributed by atoms with Crippen molar-refractivity contribution in [3.8, 4) is 5.75 Å². The molecule has 1 atom stereocenters. The molecule has 0 saturated carbocycles. The minimum absolute atomic E-state index is 0.0365. The fraction of sp³-hybridized carbons (Fsp3) is 0.444. The van der Waals surface area contributed by atoms with Crippen molar-refractivity contribution in [2.24, 2.45) is 0 Å². The Kier molecular flexibility index (Phi) is 5.84. The number of rotatable bonds is 6. The summed E-state index contributed by atoms with van der Waals surface area (Å²) in [5.74, 6) is 1.62. The molecule has 0 bridgehead atoms. The van der Waals surface area contributed by atoms with Crippen molar-refractivity contribution in [3.05, 3.63) is 40.8 Å². The molecule has 24 heavy (non-hydrogen) atoms. The summed E-state index contributed by atoms with van der Waals surface area (Å²) in [4.78, 5) is 12.2. The molecule has 1 aromatic heterocycles. The van der Waals surface area contributed by atoms with Crippen LogP contribution in [0.5, 0.6) is 5.75 Å². The molecule has 0 unspecified atom stereocenters. The fourth-order valence-corrected chi connectivity index (χ4v) is 2.59. The predicted molar refractivity (Wildman–Crippen MR) is 93.6 cm³/mol. The lowest BCUT2D eigenvalue weighted by Gasteiger charge is -2.15. The summed E-state index contributed by atoms with van der Waals surface area (Å²) in [6.07, 6.45) is 0.677. The summed E-state index contributed by atoms with van der Waals surface area (Å²) in [7, 11) is 0. The van der Waals surface area contributed by atoms with Crippen molar-refractivity contribution in [2.45, 2.75) is 47.1 Å². The molecular weight excluding hydrogens is 306 g/mol. The Morgan fingerprint density at radius 1 is 1.33 bits per heavy atom. The van der Waals surface area contributed by atoms with Crippen molar-refractivity contribution < 1.29 is 14.1 Å². The standard InChI is InChI=1S/C18H25N3O3/c1-6-23-17-8-7-15(9-11(17)2)20-18(22)19-12(3)10-16-13(4)21-24-14(16)5/h7-9,12H,6,10H2,1-5H3,(H2,19,20,22)/t12-/m1/s1. The smallest absolute Gasteiger partial charge is 0.319 e. The Morgan fingerprint density at radius 3 is 2.67 bits per heavy atom. The van der Waals surface area contributed by atoms with Crippen LogP contribution in [0, 0.1) is 20.8 Å². The molecule has 2 N–H and O–H groups in total. The van der Waals surface area contributed by atoms with Gasteiger partial charge in [-0.2, -0.15) is 0 Å². The number of urea groups is 1. The lowest BCUT2D eigenvalue weighted by Crippen LogP contribution is -2.37. The summed E-state index contributed by atoms with van der Waals surface area (Å²) in [6.45, 7) is 10.3. The zero-order valence-electron chi connectivity index (χ0n) is 14.9. The lowest BCUT2D eigenvalue weighted by molar-refractivity contribution is 0.249. The number of carbonyl (C=O) groups is 1. The molecule has 6 heteroatoms. The van der Waals surface area contributed by atoms with E-state index in [0.29, 0.717) is 13.0 Å². The van der Waals surface area contributed by atoms with Crippen molar-refractivity contribution in [1.82, 2.24) is 10.5 Å². The molecule has 0 radical (unpaired) electrons. The molecule has 0 aliphatic rings. The molecule has 2 amide bonds. The van der Waals surface area contributed by atoms with Gasteiger partial charge < -0.3 is 19.9 Å². The van der Waals surface area contributed by atoms with Crippen molar-refractivity contribution in [1.29, 1.82) is 0 Å². The van der Waals surface area contributed by atoms with Crippen molar-refractivity contribution >= 4 is 11.7 Å². The van der Waals surface area contributed by atoms with Gasteiger partial charge in [0.1, 0.15) is 11.5 Å². The Morgan fingerprint density at radius 2 is 2.08 bits per heavy atom. The van der Waals surface area contributed by atoms with E-state index in [-0.39, 0.29) is 12.1 Å². The maximum atomic E-state index is 12.2. The van der Waals surface area contributed by atoms with E-state index < -0.39 is 0 Å². The second-order valence-corrected chi connectivity index (χ2v) is 5.92. The quantitative estimate of drug-likeness (QED) is 0.845. The Hall–Kier alpha value is -2.50. The van der Waals surface area contributed by atoms with Crippen LogP contribution in [0.1, 0.15) is 36.4 Å². The van der Waals surface area contributed by atoms with Crippen molar-refractivity contribution in [2.75, 3.05) is 11.9 Å². The number of hydrogen-bond acceptors (Lipinski definition) is 4. The third kappa shape index (κ3) is 4.50. The molecule has 1 aromatic carbocycles. The highest BCUT2D eigenvalue weighted by Crippen LogP contribution is 2.22. The fourth-order valence-electron chi connectivity index (χ4n) is 2.59. The van der Waals surface area contributed by atoms with Gasteiger partial charge >= 0.3 is 6.03 Å². The maximum absolute atomic E-state index is 12.2. The van der Waals surface area contributed by atoms with Gasteiger partial charge in [-0.15, -0.1) is 0 Å². The first-order chi connectivity index (χ1) is 11.4. The summed E-state index contributed by atoms with van der Waals surface area (Å²) in [6, 6.07) is 5.31. The van der Waals surface area contributed by atoms with Gasteiger partial charge in [-0.25, -0.2) is 4.79 Å². The summed E-state index contributed by atoms with van der Waals surface area (Å²) in [5, 5.41) is 9.71. The number of anilines is 1. The van der Waals surface area contributed by atoms with Crippen LogP contribution in [0.4, 0.5) is 10.5 Å². The molecular formula is C18H25N3O3. The van der Waals surface area contributed by atoms with Crippen LogP contribution in [0.2, 0.25) is 0 Å². The Labute approximate surface area is 142 Å². The number of amides is 2. The number of nitrogens with one attached hydrogen (secondary N) is 2. The van der Waals surface area contributed by atoms with Crippen LogP contribution in [-0.4, -0.2) is 23.8 Å². The van der Waals surface area contributed by atoms with E-state index in [2.05, 4.69) is 15.8 Å². The SMILES string of the molecule is CCOc1ccc(NC(=O)N[C@H](C)Cc2c(C)noc2C)cc1C. The molecule has 130 valence electrons. The third-order valence-corrected chi connectivity index (χ3v) is 3.80. The largest absolute Gasteiger partial charge is 0.494 e. The highest BCUT2D eigenvalue weighted by molar-refractivity contribution is 5.89. The number of nitrogens with zero attached hydrogens (tertiary/aromatic N) is 1. The van der Waals surface area contributed by atoms with Crippen LogP contribution in [0.15, 0.2) is 22.7 Å². The normalized spacial score (nSPS) is 11.9. The van der Waals surface area contributed by atoms with Gasteiger partial charge in [0.25, 0.3) is 0 Å². The van der Waals surface area contributed by atoms with Gasteiger partial charge in [0.15, 0.2) is 0 Å². The number of ether oxygens (including phenoxy) is 1. The monoisotopic (exact) mass is 331 g/mol. The van der Waals surface area contributed by atoms with E-state index >= 15 is 0 Å². The van der Waals surface area contributed by atoms with Gasteiger partial charge in [-0.05, 0) is 64.8 Å². The molecule has 6 nitrogen and oxygen atoms in total. The van der Waals surface area contributed by atoms with Crippen molar-refractivity contribution in [3.63, 3.8) is 0 Å². The molecule has 0 spiro atoms. The van der Waals surface area contributed by atoms with Crippen LogP contribution in [-0.2, 0) is 6.42 Å². The average molecular weight is 331 g/mol. The average Bonchev–Trinajstić information content (AvgIpc) is 2.82. The highest BCUT2D eigenvalue weighted by Gasteiger charge is 2.15. The van der Waals surface area contributed by atoms with E-state index in [4.69, 9.17) is 9.26 Å². The van der Waals surface area contributed by atoms with Gasteiger partial charge in [0, 0.05) is 17.3 Å². The number of aryl methyl sites for hydroxylation is 3. The van der Waals surface area contributed by atoms with E-state index in [9.17, 15) is 4.79 Å². The Bertz CT molecular complexity index is 690. The van der Waals surface area contributed by atoms with Gasteiger partial charge in [0.2, 0.25) is 0 Å². The maximum Gasteiger partial charge on any atom is 0.319 e. The summed E-state index contributed by atoms with van der Waals surface area (Å²) < 4.78 is 10.6. The number of hydrogen-bond donors (Lipinski definition) is 2. The minimum atomic E-state index is -0.238. The number of carbonyl (C=O) groups excluding carboxylic acids is 1. The first-order valence-electron chi connectivity index (χ1n) is 8.13. The topological polar surface area (TPSA) is 76.4 Å². The highest BCUT2D eigenvalue weighted by atomic mass is 16.5. The lowest BCUT2D eigenvalue weighted by atomic mass is 10.1. The Balaban J connectivity index is 1.92. The van der Waals surface area contributed by atoms with Crippen LogP contribution in [0.25, 0.3) is 0 Å². The number of aromatic nitrogens is 1. The van der Waals surface area contributed by atoms with E-state index in [1.165, 1.54) is 0 Å². The molecule has 0 aliphatic carbocycles. The number of benzene rings is 1. The van der Waals surface area contributed by atoms with Crippen LogP contribution < -0.4 is 15.4 Å². The second kappa shape index (κ2) is 7.86.